The van der Waals surface area contributed by atoms with E-state index in [-0.39, 0.29) is 17.9 Å². The maximum atomic E-state index is 11.0. The van der Waals surface area contributed by atoms with Gasteiger partial charge in [0.1, 0.15) is 6.10 Å². The van der Waals surface area contributed by atoms with E-state index in [4.69, 9.17) is 26.9 Å². The highest BCUT2D eigenvalue weighted by molar-refractivity contribution is 6.31. The van der Waals surface area contributed by atoms with Gasteiger partial charge in [0.2, 0.25) is 5.90 Å². The molecule has 1 unspecified atom stereocenters. The number of carbonyl (C=O) groups is 1. The van der Waals surface area contributed by atoms with Gasteiger partial charge in [-0.3, -0.25) is 15.1 Å². The van der Waals surface area contributed by atoms with Crippen LogP contribution in [0.25, 0.3) is 0 Å². The molecule has 0 aromatic heterocycles. The summed E-state index contributed by atoms with van der Waals surface area (Å²) in [5, 5.41) is 18.2. The van der Waals surface area contributed by atoms with Crippen LogP contribution in [0.5, 0.6) is 0 Å². The van der Waals surface area contributed by atoms with Crippen molar-refractivity contribution in [3.63, 3.8) is 0 Å². The minimum absolute atomic E-state index is 0.179. The van der Waals surface area contributed by atoms with E-state index in [2.05, 4.69) is 24.0 Å². The van der Waals surface area contributed by atoms with Gasteiger partial charge in [-0.1, -0.05) is 56.0 Å². The number of hydrogen-bond donors (Lipinski definition) is 2. The van der Waals surface area contributed by atoms with Gasteiger partial charge in [-0.05, 0) is 72.6 Å². The quantitative estimate of drug-likeness (QED) is 0.329. The fraction of sp³-hybridized carbons (Fsp3) is 0.500. The molecule has 0 spiro atoms. The summed E-state index contributed by atoms with van der Waals surface area (Å²) < 4.78 is 6.01. The van der Waals surface area contributed by atoms with E-state index in [1.165, 1.54) is 43.2 Å². The Bertz CT molecular complexity index is 1040. The largest absolute Gasteiger partial charge is 0.481 e. The lowest BCUT2D eigenvalue weighted by Gasteiger charge is -2.36. The Morgan fingerprint density at radius 1 is 1.15 bits per heavy atom. The van der Waals surface area contributed by atoms with Crippen LogP contribution in [-0.2, 0) is 22.5 Å². The molecule has 2 aromatic carbocycles. The van der Waals surface area contributed by atoms with E-state index in [9.17, 15) is 4.79 Å². The molecule has 1 aliphatic carbocycles. The second-order valence-electron chi connectivity index (χ2n) is 9.77. The molecule has 0 amide bonds. The van der Waals surface area contributed by atoms with E-state index in [0.29, 0.717) is 30.6 Å². The normalized spacial score (nSPS) is 18.3. The van der Waals surface area contributed by atoms with Crippen LogP contribution >= 0.6 is 11.6 Å². The Balaban J connectivity index is 1.38. The van der Waals surface area contributed by atoms with Crippen LogP contribution in [0.3, 0.4) is 0 Å². The van der Waals surface area contributed by atoms with Crippen molar-refractivity contribution in [1.82, 2.24) is 4.90 Å². The number of carboxylic acids is 1. The van der Waals surface area contributed by atoms with E-state index in [1.807, 2.05) is 31.2 Å². The van der Waals surface area contributed by atoms with Gasteiger partial charge in [0.25, 0.3) is 0 Å². The number of nitrogens with one attached hydrogen (secondary N) is 1. The Morgan fingerprint density at radius 2 is 1.88 bits per heavy atom. The van der Waals surface area contributed by atoms with E-state index in [1.54, 1.807) is 0 Å². The Labute approximate surface area is 207 Å². The summed E-state index contributed by atoms with van der Waals surface area (Å²) in [7, 11) is 0. The maximum absolute atomic E-state index is 11.0. The second kappa shape index (κ2) is 10.9. The highest BCUT2D eigenvalue weighted by atomic mass is 35.5. The molecule has 2 fully saturated rings. The molecule has 0 radical (unpaired) electrons. The first-order valence-electron chi connectivity index (χ1n) is 12.5. The van der Waals surface area contributed by atoms with Crippen LogP contribution in [0.4, 0.5) is 0 Å². The average molecular weight is 483 g/mol. The zero-order valence-electron chi connectivity index (χ0n) is 20.1. The summed E-state index contributed by atoms with van der Waals surface area (Å²) in [6.45, 7) is 5.88. The fourth-order valence-corrected chi connectivity index (χ4v) is 5.47. The highest BCUT2D eigenvalue weighted by Gasteiger charge is 2.32. The van der Waals surface area contributed by atoms with Crippen LogP contribution in [0.15, 0.2) is 36.4 Å². The van der Waals surface area contributed by atoms with Crippen molar-refractivity contribution >= 4 is 23.5 Å². The van der Waals surface area contributed by atoms with Gasteiger partial charge < -0.3 is 9.84 Å². The molecular formula is C28H35ClN2O3. The summed E-state index contributed by atoms with van der Waals surface area (Å²) >= 11 is 6.53. The summed E-state index contributed by atoms with van der Waals surface area (Å²) in [4.78, 5) is 13.1. The monoisotopic (exact) mass is 482 g/mol. The number of benzene rings is 2. The van der Waals surface area contributed by atoms with Crippen molar-refractivity contribution < 1.29 is 14.6 Å². The maximum Gasteiger partial charge on any atom is 0.309 e. The Morgan fingerprint density at radius 3 is 2.53 bits per heavy atom. The van der Waals surface area contributed by atoms with Crippen LogP contribution < -0.4 is 0 Å². The molecule has 2 aliphatic rings. The molecule has 0 bridgehead atoms. The molecule has 1 atom stereocenters. The van der Waals surface area contributed by atoms with Gasteiger partial charge in [-0.2, -0.15) is 0 Å². The third kappa shape index (κ3) is 5.64. The zero-order valence-corrected chi connectivity index (χ0v) is 20.9. The predicted molar refractivity (Wildman–Crippen MR) is 136 cm³/mol. The van der Waals surface area contributed by atoms with Crippen molar-refractivity contribution in [2.75, 3.05) is 13.1 Å². The molecule has 4 rings (SSSR count). The number of carboxylic acid groups (broad SMARTS) is 1. The van der Waals surface area contributed by atoms with E-state index >= 15 is 0 Å². The molecule has 2 aromatic rings. The standard InChI is InChI=1S/C28H35ClN2O3/c1-3-19-13-22(11-12-25(19)20-7-5-4-6-8-20)27(30)34-18(2)21-9-10-23(26(29)14-21)15-31-16-24(17-31)28(32)33/h9-14,18,20,24,30H,3-8,15-17H2,1-2H3,(H,32,33). The first-order chi connectivity index (χ1) is 16.4. The Kier molecular flexibility index (Phi) is 7.95. The number of aliphatic carboxylic acids is 1. The van der Waals surface area contributed by atoms with Crippen molar-refractivity contribution in [2.24, 2.45) is 5.92 Å². The third-order valence-electron chi connectivity index (χ3n) is 7.37. The van der Waals surface area contributed by atoms with Gasteiger partial charge in [-0.15, -0.1) is 0 Å². The fourth-order valence-electron chi connectivity index (χ4n) is 5.22. The minimum Gasteiger partial charge on any atom is -0.481 e. The smallest absolute Gasteiger partial charge is 0.309 e. The number of aryl methyl sites for hydroxylation is 1. The van der Waals surface area contributed by atoms with Gasteiger partial charge >= 0.3 is 5.97 Å². The zero-order chi connectivity index (χ0) is 24.2. The molecule has 182 valence electrons. The number of ether oxygens (including phenoxy) is 1. The summed E-state index contributed by atoms with van der Waals surface area (Å²) in [5.41, 5.74) is 5.49. The lowest BCUT2D eigenvalue weighted by molar-refractivity contribution is -0.147. The average Bonchev–Trinajstić information content (AvgIpc) is 2.81. The minimum atomic E-state index is -0.735. The Hall–Kier alpha value is -2.37. The van der Waals surface area contributed by atoms with E-state index < -0.39 is 5.97 Å². The van der Waals surface area contributed by atoms with Crippen molar-refractivity contribution in [1.29, 1.82) is 5.41 Å². The molecule has 1 saturated carbocycles. The molecule has 2 N–H and O–H groups in total. The van der Waals surface area contributed by atoms with Crippen molar-refractivity contribution in [2.45, 2.75) is 70.9 Å². The third-order valence-corrected chi connectivity index (χ3v) is 7.72. The predicted octanol–water partition coefficient (Wildman–Crippen LogP) is 6.57. The number of nitrogens with zero attached hydrogens (tertiary/aromatic N) is 1. The van der Waals surface area contributed by atoms with Gasteiger partial charge in [0, 0.05) is 30.2 Å². The van der Waals surface area contributed by atoms with Crippen LogP contribution in [0.2, 0.25) is 5.02 Å². The first-order valence-corrected chi connectivity index (χ1v) is 12.8. The van der Waals surface area contributed by atoms with Crippen molar-refractivity contribution in [3.05, 3.63) is 69.2 Å². The van der Waals surface area contributed by atoms with Crippen LogP contribution in [0, 0.1) is 11.3 Å². The van der Waals surface area contributed by atoms with Gasteiger partial charge in [0.15, 0.2) is 0 Å². The molecule has 1 heterocycles. The summed E-state index contributed by atoms with van der Waals surface area (Å²) in [6.07, 6.45) is 7.17. The molecule has 34 heavy (non-hydrogen) atoms. The first kappa shape index (κ1) is 24.7. The van der Waals surface area contributed by atoms with E-state index in [0.717, 1.165) is 23.1 Å². The lowest BCUT2D eigenvalue weighted by atomic mass is 9.81. The molecule has 1 aliphatic heterocycles. The summed E-state index contributed by atoms with van der Waals surface area (Å²) in [5.74, 6) is -0.181. The molecule has 6 heteroatoms. The number of likely N-dealkylation sites (tertiary alicyclic amines) is 1. The lowest BCUT2D eigenvalue weighted by Crippen LogP contribution is -2.49. The van der Waals surface area contributed by atoms with Crippen molar-refractivity contribution in [3.8, 4) is 0 Å². The van der Waals surface area contributed by atoms with Crippen LogP contribution in [0.1, 0.15) is 85.8 Å². The topological polar surface area (TPSA) is 73.6 Å². The van der Waals surface area contributed by atoms with Crippen LogP contribution in [-0.4, -0.2) is 35.0 Å². The number of rotatable bonds is 8. The number of halogens is 1. The summed E-state index contributed by atoms with van der Waals surface area (Å²) in [6, 6.07) is 12.2. The highest BCUT2D eigenvalue weighted by Crippen LogP contribution is 2.35. The van der Waals surface area contributed by atoms with Gasteiger partial charge in [0.05, 0.1) is 5.92 Å². The molecular weight excluding hydrogens is 448 g/mol. The molecule has 1 saturated heterocycles. The second-order valence-corrected chi connectivity index (χ2v) is 10.2. The number of hydrogen-bond acceptors (Lipinski definition) is 4. The SMILES string of the molecule is CCc1cc(C(=N)OC(C)c2ccc(CN3CC(C(=O)O)C3)c(Cl)c2)ccc1C1CCCCC1. The van der Waals surface area contributed by atoms with Gasteiger partial charge in [-0.25, -0.2) is 0 Å². The molecule has 5 nitrogen and oxygen atoms in total.